The van der Waals surface area contributed by atoms with Gasteiger partial charge in [-0.15, -0.1) is 0 Å². The van der Waals surface area contributed by atoms with E-state index in [-0.39, 0.29) is 45.6 Å². The van der Waals surface area contributed by atoms with Crippen molar-refractivity contribution in [1.29, 1.82) is 0 Å². The highest BCUT2D eigenvalue weighted by Gasteiger charge is 2.65. The van der Waals surface area contributed by atoms with Gasteiger partial charge in [0.1, 0.15) is 11.9 Å². The second kappa shape index (κ2) is 9.32. The van der Waals surface area contributed by atoms with Crippen molar-refractivity contribution in [3.63, 3.8) is 0 Å². The maximum atomic E-state index is 13.5. The van der Waals surface area contributed by atoms with E-state index in [1.807, 2.05) is 32.1 Å². The second-order valence-corrected chi connectivity index (χ2v) is 12.2. The van der Waals surface area contributed by atoms with Gasteiger partial charge < -0.3 is 9.15 Å². The maximum absolute atomic E-state index is 13.5. The van der Waals surface area contributed by atoms with E-state index in [1.165, 1.54) is 13.0 Å². The summed E-state index contributed by atoms with van der Waals surface area (Å²) in [7, 11) is 0. The quantitative estimate of drug-likeness (QED) is 0.266. The number of hydrogen-bond donors (Lipinski definition) is 0. The minimum absolute atomic E-state index is 0.0237. The van der Waals surface area contributed by atoms with Gasteiger partial charge in [-0.2, -0.15) is 0 Å². The van der Waals surface area contributed by atoms with Crippen LogP contribution in [0, 0.1) is 28.1 Å². The van der Waals surface area contributed by atoms with Crippen molar-refractivity contribution >= 4 is 17.3 Å². The highest BCUT2D eigenvalue weighted by Crippen LogP contribution is 2.69. The lowest BCUT2D eigenvalue weighted by Gasteiger charge is -2.62. The van der Waals surface area contributed by atoms with Gasteiger partial charge in [0.05, 0.1) is 0 Å². The topological polar surface area (TPSA) is 73.6 Å². The summed E-state index contributed by atoms with van der Waals surface area (Å²) < 4.78 is 11.0. The number of rotatable bonds is 4. The predicted octanol–water partition coefficient (Wildman–Crippen LogP) is 6.68. The third kappa shape index (κ3) is 4.35. The van der Waals surface area contributed by atoms with Gasteiger partial charge in [-0.1, -0.05) is 52.0 Å². The van der Waals surface area contributed by atoms with E-state index in [4.69, 9.17) is 9.15 Å². The van der Waals surface area contributed by atoms with Crippen molar-refractivity contribution in [3.8, 4) is 0 Å². The molecule has 0 unspecified atom stereocenters. The number of esters is 1. The standard InChI is InChI=1S/C31H40O5/c1-19(23-12-9-13-27(34)36-23)10-8-11-20(2)28-22(33)18-25-30(6)17-15-26(35-21(3)32)29(4,5)24(30)14-16-31(25,28)7/h8-13,24-26H,14-18H2,1-7H3/b11-8+,19-10+,28-20-/t24-,25-,26-,30-,31-/m0/s1. The summed E-state index contributed by atoms with van der Waals surface area (Å²) in [5.74, 6) is 1.28. The van der Waals surface area contributed by atoms with E-state index in [2.05, 4.69) is 27.7 Å². The van der Waals surface area contributed by atoms with E-state index in [0.29, 0.717) is 18.1 Å². The molecule has 36 heavy (non-hydrogen) atoms. The van der Waals surface area contributed by atoms with Gasteiger partial charge in [0.2, 0.25) is 0 Å². The molecule has 0 saturated heterocycles. The molecule has 1 aromatic heterocycles. The zero-order chi connectivity index (χ0) is 26.5. The smallest absolute Gasteiger partial charge is 0.336 e. The van der Waals surface area contributed by atoms with Crippen LogP contribution in [0.4, 0.5) is 0 Å². The molecule has 0 amide bonds. The molecule has 3 saturated carbocycles. The Hall–Kier alpha value is -2.69. The SMILES string of the molecule is CC(=O)O[C@H]1CC[C@@]2(C)[C@@H](CC[C@]3(C)\C(=C(C)/C=C/C=C(\C)c4cccc(=O)o4)C(=O)C[C@@H]23)C1(C)C. The number of ether oxygens (including phenoxy) is 1. The first kappa shape index (κ1) is 26.4. The Labute approximate surface area is 214 Å². The molecule has 0 aliphatic heterocycles. The lowest BCUT2D eigenvalue weighted by molar-refractivity contribution is -0.185. The summed E-state index contributed by atoms with van der Waals surface area (Å²) >= 11 is 0. The molecule has 0 N–H and O–H groups in total. The zero-order valence-electron chi connectivity index (χ0n) is 22.8. The minimum atomic E-state index is -0.368. The third-order valence-corrected chi connectivity index (χ3v) is 9.70. The second-order valence-electron chi connectivity index (χ2n) is 12.2. The number of Topliss-reactive ketones (excluding diaryl/α,β-unsaturated/α-hetero) is 1. The number of carbonyl (C=O) groups is 2. The fourth-order valence-corrected chi connectivity index (χ4v) is 8.08. The highest BCUT2D eigenvalue weighted by atomic mass is 16.5. The molecule has 3 aliphatic rings. The summed E-state index contributed by atoms with van der Waals surface area (Å²) in [5, 5.41) is 0. The third-order valence-electron chi connectivity index (χ3n) is 9.70. The van der Waals surface area contributed by atoms with Crippen LogP contribution in [0.1, 0.15) is 86.3 Å². The molecule has 0 aromatic carbocycles. The summed E-state index contributed by atoms with van der Waals surface area (Å²) in [4.78, 5) is 36.8. The molecular weight excluding hydrogens is 452 g/mol. The Bertz CT molecular complexity index is 1210. The molecule has 5 heteroatoms. The van der Waals surface area contributed by atoms with Crippen LogP contribution in [-0.4, -0.2) is 17.9 Å². The van der Waals surface area contributed by atoms with Crippen molar-refractivity contribution < 1.29 is 18.7 Å². The van der Waals surface area contributed by atoms with Crippen molar-refractivity contribution in [1.82, 2.24) is 0 Å². The first-order valence-electron chi connectivity index (χ1n) is 13.2. The Morgan fingerprint density at radius 2 is 1.75 bits per heavy atom. The summed E-state index contributed by atoms with van der Waals surface area (Å²) in [5.41, 5.74) is 2.20. The largest absolute Gasteiger partial charge is 0.462 e. The molecule has 5 nitrogen and oxygen atoms in total. The van der Waals surface area contributed by atoms with Gasteiger partial charge in [0.15, 0.2) is 5.78 Å². The first-order chi connectivity index (χ1) is 16.8. The predicted molar refractivity (Wildman–Crippen MR) is 141 cm³/mol. The van der Waals surface area contributed by atoms with Gasteiger partial charge in [0.25, 0.3) is 0 Å². The van der Waals surface area contributed by atoms with Crippen LogP contribution in [0.3, 0.4) is 0 Å². The summed E-state index contributed by atoms with van der Waals surface area (Å²) in [6.07, 6.45) is 10.2. The van der Waals surface area contributed by atoms with Crippen LogP contribution < -0.4 is 5.63 Å². The summed E-state index contributed by atoms with van der Waals surface area (Å²) in [6, 6.07) is 4.85. The average molecular weight is 493 g/mol. The van der Waals surface area contributed by atoms with Crippen molar-refractivity contribution in [2.75, 3.05) is 0 Å². The van der Waals surface area contributed by atoms with E-state index in [1.54, 1.807) is 12.1 Å². The van der Waals surface area contributed by atoms with Crippen LogP contribution in [0.15, 0.2) is 56.8 Å². The lowest BCUT2D eigenvalue weighted by atomic mass is 9.43. The lowest BCUT2D eigenvalue weighted by Crippen LogP contribution is -2.58. The van der Waals surface area contributed by atoms with E-state index in [0.717, 1.165) is 42.4 Å². The Morgan fingerprint density at radius 1 is 1.03 bits per heavy atom. The number of ketones is 1. The van der Waals surface area contributed by atoms with E-state index in [9.17, 15) is 14.4 Å². The van der Waals surface area contributed by atoms with Gasteiger partial charge in [-0.05, 0) is 74.0 Å². The van der Waals surface area contributed by atoms with Crippen molar-refractivity contribution in [2.24, 2.45) is 28.1 Å². The fourth-order valence-electron chi connectivity index (χ4n) is 8.08. The van der Waals surface area contributed by atoms with Gasteiger partial charge >= 0.3 is 11.6 Å². The normalized spacial score (nSPS) is 35.4. The number of allylic oxidation sites excluding steroid dienone is 6. The van der Waals surface area contributed by atoms with Crippen LogP contribution in [-0.2, 0) is 14.3 Å². The molecule has 3 aliphatic carbocycles. The number of carbonyl (C=O) groups excluding carboxylic acids is 2. The molecule has 3 fully saturated rings. The van der Waals surface area contributed by atoms with Crippen LogP contribution >= 0.6 is 0 Å². The highest BCUT2D eigenvalue weighted by molar-refractivity contribution is 6.00. The Morgan fingerprint density at radius 3 is 2.42 bits per heavy atom. The molecular formula is C31H40O5. The molecule has 194 valence electrons. The van der Waals surface area contributed by atoms with Crippen LogP contribution in [0.5, 0.6) is 0 Å². The number of hydrogen-bond acceptors (Lipinski definition) is 5. The monoisotopic (exact) mass is 492 g/mol. The van der Waals surface area contributed by atoms with Crippen LogP contribution in [0.25, 0.3) is 5.57 Å². The average Bonchev–Trinajstić information content (AvgIpc) is 3.06. The molecule has 1 aromatic rings. The van der Waals surface area contributed by atoms with Gasteiger partial charge in [-0.3, -0.25) is 9.59 Å². The van der Waals surface area contributed by atoms with E-state index >= 15 is 0 Å². The molecule has 1 heterocycles. The summed E-state index contributed by atoms with van der Waals surface area (Å²) in [6.45, 7) is 14.6. The first-order valence-corrected chi connectivity index (χ1v) is 13.2. The van der Waals surface area contributed by atoms with Gasteiger partial charge in [-0.25, -0.2) is 4.79 Å². The number of fused-ring (bicyclic) bond motifs is 3. The minimum Gasteiger partial charge on any atom is -0.462 e. The van der Waals surface area contributed by atoms with E-state index < -0.39 is 0 Å². The molecule has 0 spiro atoms. The Kier molecular flexibility index (Phi) is 6.83. The molecule has 4 rings (SSSR count). The van der Waals surface area contributed by atoms with Crippen LogP contribution in [0.2, 0.25) is 0 Å². The zero-order valence-corrected chi connectivity index (χ0v) is 22.8. The van der Waals surface area contributed by atoms with Crippen molar-refractivity contribution in [2.45, 2.75) is 86.7 Å². The maximum Gasteiger partial charge on any atom is 0.336 e. The molecule has 5 atom stereocenters. The molecule has 0 bridgehead atoms. The fraction of sp³-hybridized carbons (Fsp3) is 0.581. The Balaban J connectivity index is 1.62. The molecule has 0 radical (unpaired) electrons. The van der Waals surface area contributed by atoms with Crippen molar-refractivity contribution in [3.05, 3.63) is 63.8 Å². The van der Waals surface area contributed by atoms with Gasteiger partial charge in [0, 0.05) is 35.8 Å².